The van der Waals surface area contributed by atoms with Crippen molar-refractivity contribution < 1.29 is 0 Å². The molecule has 0 unspecified atom stereocenters. The Morgan fingerprint density at radius 2 is 2.08 bits per heavy atom. The molecule has 0 atom stereocenters. The van der Waals surface area contributed by atoms with Crippen LogP contribution < -0.4 is 16.8 Å². The zero-order chi connectivity index (χ0) is 7.40. The highest BCUT2D eigenvalue weighted by Gasteiger charge is 1.87. The monoisotopic (exact) mass is 211 g/mol. The number of hydrogen-bond acceptors (Lipinski definition) is 3. The summed E-state index contributed by atoms with van der Waals surface area (Å²) in [7, 11) is 0. The van der Waals surface area contributed by atoms with Gasteiger partial charge in [0.25, 0.3) is 0 Å². The molecule has 1 aromatic heterocycles. The summed E-state index contributed by atoms with van der Waals surface area (Å²) in [5, 5.41) is 0. The third-order valence-electron chi connectivity index (χ3n) is 1.15. The smallest absolute Gasteiger partial charge is 0.247 e. The maximum Gasteiger partial charge on any atom is 0.247 e. The molecule has 0 aliphatic carbocycles. The minimum absolute atomic E-state index is 0. The number of rotatable bonds is 2. The number of hydrazine groups is 1. The molecule has 0 amide bonds. The molecule has 12 heavy (non-hydrogen) atoms. The minimum Gasteiger partial charge on any atom is -0.329 e. The molecule has 1 rings (SSSR count). The van der Waals surface area contributed by atoms with E-state index in [9.17, 15) is 4.79 Å². The number of halogens is 2. The standard InChI is InChI=1S/C6H9N3O.2ClH/c7-9-4-5-1-2-6(10)8-3-5;;/h1-3,9H,4,7H2,(H,8,10);2*1H. The lowest BCUT2D eigenvalue weighted by Gasteiger charge is -1.95. The van der Waals surface area contributed by atoms with E-state index in [0.717, 1.165) is 5.56 Å². The third kappa shape index (κ3) is 4.35. The van der Waals surface area contributed by atoms with Gasteiger partial charge in [0.2, 0.25) is 5.56 Å². The largest absolute Gasteiger partial charge is 0.329 e. The lowest BCUT2D eigenvalue weighted by Crippen LogP contribution is -2.21. The Labute approximate surface area is 82.3 Å². The van der Waals surface area contributed by atoms with Gasteiger partial charge in [0, 0.05) is 18.8 Å². The molecule has 0 aromatic carbocycles. The van der Waals surface area contributed by atoms with E-state index in [1.807, 2.05) is 0 Å². The molecule has 70 valence electrons. The first-order valence-electron chi connectivity index (χ1n) is 2.94. The summed E-state index contributed by atoms with van der Waals surface area (Å²) in [5.41, 5.74) is 3.35. The zero-order valence-electron chi connectivity index (χ0n) is 6.24. The Kier molecular flexibility index (Phi) is 8.31. The number of H-pyrrole nitrogens is 1. The first-order valence-corrected chi connectivity index (χ1v) is 2.94. The summed E-state index contributed by atoms with van der Waals surface area (Å²) in [6.45, 7) is 0.566. The van der Waals surface area contributed by atoms with Crippen molar-refractivity contribution >= 4 is 24.8 Å². The number of hydrogen-bond donors (Lipinski definition) is 3. The van der Waals surface area contributed by atoms with Gasteiger partial charge < -0.3 is 4.98 Å². The molecule has 4 nitrogen and oxygen atoms in total. The van der Waals surface area contributed by atoms with Crippen LogP contribution in [0, 0.1) is 0 Å². The molecule has 0 fully saturated rings. The van der Waals surface area contributed by atoms with Crippen LogP contribution >= 0.6 is 24.8 Å². The predicted molar refractivity (Wildman–Crippen MR) is 52.6 cm³/mol. The summed E-state index contributed by atoms with van der Waals surface area (Å²) in [4.78, 5) is 13.1. The van der Waals surface area contributed by atoms with Crippen LogP contribution in [0.2, 0.25) is 0 Å². The van der Waals surface area contributed by atoms with Crippen molar-refractivity contribution in [2.75, 3.05) is 0 Å². The second-order valence-corrected chi connectivity index (χ2v) is 1.94. The van der Waals surface area contributed by atoms with Crippen LogP contribution in [0.3, 0.4) is 0 Å². The minimum atomic E-state index is -0.0965. The molecule has 0 radical (unpaired) electrons. The van der Waals surface area contributed by atoms with Gasteiger partial charge in [0.05, 0.1) is 0 Å². The average molecular weight is 212 g/mol. The first kappa shape index (κ1) is 14.0. The van der Waals surface area contributed by atoms with Crippen LogP contribution in [0.5, 0.6) is 0 Å². The lowest BCUT2D eigenvalue weighted by molar-refractivity contribution is 0.738. The van der Waals surface area contributed by atoms with E-state index in [1.165, 1.54) is 6.07 Å². The SMILES string of the molecule is Cl.Cl.NNCc1ccc(=O)[nH]c1. The van der Waals surface area contributed by atoms with Crippen molar-refractivity contribution in [1.82, 2.24) is 10.4 Å². The quantitative estimate of drug-likeness (QED) is 0.483. The maximum absolute atomic E-state index is 10.5. The molecule has 4 N–H and O–H groups in total. The van der Waals surface area contributed by atoms with E-state index in [-0.39, 0.29) is 30.4 Å². The zero-order valence-corrected chi connectivity index (χ0v) is 7.87. The van der Waals surface area contributed by atoms with Crippen molar-refractivity contribution in [1.29, 1.82) is 0 Å². The topological polar surface area (TPSA) is 70.9 Å². The maximum atomic E-state index is 10.5. The summed E-state index contributed by atoms with van der Waals surface area (Å²) in [6.07, 6.45) is 1.63. The van der Waals surface area contributed by atoms with Gasteiger partial charge in [-0.25, -0.2) is 0 Å². The van der Waals surface area contributed by atoms with E-state index >= 15 is 0 Å². The molecule has 0 aliphatic rings. The molecule has 6 heteroatoms. The molecule has 1 aromatic rings. The van der Waals surface area contributed by atoms with E-state index in [4.69, 9.17) is 5.84 Å². The van der Waals surface area contributed by atoms with E-state index in [2.05, 4.69) is 10.4 Å². The molecule has 0 aliphatic heterocycles. The van der Waals surface area contributed by atoms with Gasteiger partial charge in [-0.05, 0) is 5.56 Å². The van der Waals surface area contributed by atoms with Gasteiger partial charge in [-0.15, -0.1) is 24.8 Å². The normalized spacial score (nSPS) is 8.08. The van der Waals surface area contributed by atoms with Gasteiger partial charge in [0.1, 0.15) is 0 Å². The summed E-state index contributed by atoms with van der Waals surface area (Å²) in [5.74, 6) is 5.06. The summed E-state index contributed by atoms with van der Waals surface area (Å²) < 4.78 is 0. The van der Waals surface area contributed by atoms with Crippen molar-refractivity contribution in [3.63, 3.8) is 0 Å². The number of aromatic amines is 1. The number of aromatic nitrogens is 1. The molecule has 0 saturated heterocycles. The highest BCUT2D eigenvalue weighted by molar-refractivity contribution is 5.85. The molecule has 0 saturated carbocycles. The average Bonchev–Trinajstić information content (AvgIpc) is 1.95. The molecule has 1 heterocycles. The molecule has 0 bridgehead atoms. The van der Waals surface area contributed by atoms with Gasteiger partial charge in [0.15, 0.2) is 0 Å². The van der Waals surface area contributed by atoms with Crippen molar-refractivity contribution in [2.24, 2.45) is 5.84 Å². The summed E-state index contributed by atoms with van der Waals surface area (Å²) in [6, 6.07) is 3.19. The van der Waals surface area contributed by atoms with Gasteiger partial charge >= 0.3 is 0 Å². The van der Waals surface area contributed by atoms with Crippen LogP contribution in [0.4, 0.5) is 0 Å². The van der Waals surface area contributed by atoms with Gasteiger partial charge in [-0.1, -0.05) is 6.07 Å². The van der Waals surface area contributed by atoms with Crippen molar-refractivity contribution in [3.05, 3.63) is 34.2 Å². The second-order valence-electron chi connectivity index (χ2n) is 1.94. The van der Waals surface area contributed by atoms with Crippen LogP contribution in [0.25, 0.3) is 0 Å². The first-order chi connectivity index (χ1) is 4.83. The van der Waals surface area contributed by atoms with Gasteiger partial charge in [-0.3, -0.25) is 16.1 Å². The van der Waals surface area contributed by atoms with Gasteiger partial charge in [-0.2, -0.15) is 0 Å². The lowest BCUT2D eigenvalue weighted by atomic mass is 10.3. The fourth-order valence-electron chi connectivity index (χ4n) is 0.671. The Morgan fingerprint density at radius 1 is 1.42 bits per heavy atom. The van der Waals surface area contributed by atoms with E-state index in [0.29, 0.717) is 6.54 Å². The predicted octanol–water partition coefficient (Wildman–Crippen LogP) is 0.182. The molecular weight excluding hydrogens is 201 g/mol. The third-order valence-corrected chi connectivity index (χ3v) is 1.15. The fourth-order valence-corrected chi connectivity index (χ4v) is 0.671. The fraction of sp³-hybridized carbons (Fsp3) is 0.167. The molecule has 0 spiro atoms. The number of nitrogens with two attached hydrogens (primary N) is 1. The van der Waals surface area contributed by atoms with E-state index < -0.39 is 0 Å². The molecular formula is C6H11Cl2N3O. The van der Waals surface area contributed by atoms with Crippen LogP contribution in [0.15, 0.2) is 23.1 Å². The second kappa shape index (κ2) is 7.12. The van der Waals surface area contributed by atoms with Crippen LogP contribution in [-0.4, -0.2) is 4.98 Å². The van der Waals surface area contributed by atoms with E-state index in [1.54, 1.807) is 12.3 Å². The summed E-state index contributed by atoms with van der Waals surface area (Å²) >= 11 is 0. The highest BCUT2D eigenvalue weighted by atomic mass is 35.5. The highest BCUT2D eigenvalue weighted by Crippen LogP contribution is 1.89. The Bertz CT molecular complexity index is 243. The van der Waals surface area contributed by atoms with Crippen molar-refractivity contribution in [2.45, 2.75) is 6.54 Å². The number of nitrogens with one attached hydrogen (secondary N) is 2. The number of pyridine rings is 1. The van der Waals surface area contributed by atoms with Crippen molar-refractivity contribution in [3.8, 4) is 0 Å². The Hall–Kier alpha value is -0.550. The van der Waals surface area contributed by atoms with Crippen LogP contribution in [-0.2, 0) is 6.54 Å². The Balaban J connectivity index is 0. The Morgan fingerprint density at radius 3 is 2.50 bits per heavy atom. The van der Waals surface area contributed by atoms with Crippen LogP contribution in [0.1, 0.15) is 5.56 Å².